The van der Waals surface area contributed by atoms with E-state index >= 15 is 0 Å². The number of hydrogen-bond acceptors (Lipinski definition) is 6. The van der Waals surface area contributed by atoms with Gasteiger partial charge in [0.1, 0.15) is 0 Å². The summed E-state index contributed by atoms with van der Waals surface area (Å²) in [6.45, 7) is 4.50. The van der Waals surface area contributed by atoms with Crippen molar-refractivity contribution in [1.29, 1.82) is 0 Å². The van der Waals surface area contributed by atoms with Crippen molar-refractivity contribution < 1.29 is 15.7 Å². The van der Waals surface area contributed by atoms with Crippen LogP contribution in [0, 0.1) is 0 Å². The molecule has 0 unspecified atom stereocenters. The molecule has 0 amide bonds. The van der Waals surface area contributed by atoms with Gasteiger partial charge in [-0.05, 0) is 0 Å². The Morgan fingerprint density at radius 2 is 0.923 bits per heavy atom. The quantitative estimate of drug-likeness (QED) is 0.0832. The Bertz CT molecular complexity index is 582. The molecule has 0 aliphatic heterocycles. The standard InChI is InChI=1S/2C8H14O2S.2C8H17.Sn/c2*9-8(10)6-11-7-4-2-1-3-5-7;2*1-3-5-7-8-6-4-2;/h2*7H,1-6H2,(H,9,10);2*1,3-8H2,2H3;/q;;;;+2/p-2. The van der Waals surface area contributed by atoms with Crippen molar-refractivity contribution in [2.45, 2.75) is 174 Å². The van der Waals surface area contributed by atoms with Gasteiger partial charge >= 0.3 is 256 Å². The van der Waals surface area contributed by atoms with Crippen LogP contribution in [0.1, 0.15) is 155 Å². The van der Waals surface area contributed by atoms with Crippen molar-refractivity contribution in [2.24, 2.45) is 0 Å². The van der Waals surface area contributed by atoms with Gasteiger partial charge in [0.2, 0.25) is 0 Å². The number of carbonyl (C=O) groups is 2. The first-order valence-corrected chi connectivity index (χ1v) is 25.2. The SMILES string of the molecule is CCCCCCC[CH2][Sn]([CH2]CCCCCCC)([O]C(=O)CSC1CCCCC1)[O]C(=O)CSC1CCCCC1. The minimum absolute atomic E-state index is 0.105. The van der Waals surface area contributed by atoms with Crippen LogP contribution in [0.5, 0.6) is 0 Å². The Labute approximate surface area is 255 Å². The first kappa shape index (κ1) is 35.6. The van der Waals surface area contributed by atoms with Gasteiger partial charge in [-0.2, -0.15) is 0 Å². The molecule has 2 rings (SSSR count). The topological polar surface area (TPSA) is 52.6 Å². The second-order valence-corrected chi connectivity index (χ2v) is 23.8. The molecule has 2 saturated carbocycles. The molecule has 39 heavy (non-hydrogen) atoms. The van der Waals surface area contributed by atoms with E-state index in [9.17, 15) is 9.59 Å². The Balaban J connectivity index is 2.00. The number of hydrogen-bond donors (Lipinski definition) is 0. The van der Waals surface area contributed by atoms with Gasteiger partial charge in [-0.1, -0.05) is 0 Å². The molecule has 0 radical (unpaired) electrons. The van der Waals surface area contributed by atoms with Crippen LogP contribution in [0.4, 0.5) is 0 Å². The summed E-state index contributed by atoms with van der Waals surface area (Å²) < 4.78 is 14.6. The summed E-state index contributed by atoms with van der Waals surface area (Å²) in [5.41, 5.74) is 0. The number of unbranched alkanes of at least 4 members (excludes halogenated alkanes) is 10. The Morgan fingerprint density at radius 1 is 0.564 bits per heavy atom. The van der Waals surface area contributed by atoms with E-state index in [1.807, 2.05) is 0 Å². The number of rotatable bonds is 22. The van der Waals surface area contributed by atoms with Crippen LogP contribution >= 0.6 is 23.5 Å². The van der Waals surface area contributed by atoms with E-state index in [1.54, 1.807) is 23.5 Å². The molecule has 7 heteroatoms. The summed E-state index contributed by atoms with van der Waals surface area (Å²) in [4.78, 5) is 26.5. The molecule has 0 bridgehead atoms. The Kier molecular flexibility index (Phi) is 21.0. The van der Waals surface area contributed by atoms with Crippen LogP contribution in [-0.4, -0.2) is 53.1 Å². The summed E-state index contributed by atoms with van der Waals surface area (Å²) in [7, 11) is 0. The van der Waals surface area contributed by atoms with E-state index in [2.05, 4.69) is 13.8 Å². The predicted molar refractivity (Wildman–Crippen MR) is 173 cm³/mol. The third-order valence-corrected chi connectivity index (χ3v) is 20.9. The first-order valence-electron chi connectivity index (χ1n) is 16.7. The maximum atomic E-state index is 13.2. The Hall–Kier alpha value is 0.439. The molecule has 2 aliphatic carbocycles. The molecule has 0 aromatic carbocycles. The van der Waals surface area contributed by atoms with Gasteiger partial charge < -0.3 is 0 Å². The van der Waals surface area contributed by atoms with Crippen molar-refractivity contribution in [3.05, 3.63) is 0 Å². The molecule has 2 aliphatic rings. The fourth-order valence-electron chi connectivity index (χ4n) is 6.01. The fraction of sp³-hybridized carbons (Fsp3) is 0.938. The second kappa shape index (κ2) is 23.0. The van der Waals surface area contributed by atoms with Gasteiger partial charge in [-0.25, -0.2) is 0 Å². The summed E-state index contributed by atoms with van der Waals surface area (Å²) in [5.74, 6) is 0.632. The van der Waals surface area contributed by atoms with Gasteiger partial charge in [0.15, 0.2) is 0 Å². The van der Waals surface area contributed by atoms with E-state index in [0.29, 0.717) is 22.0 Å². The molecule has 0 atom stereocenters. The van der Waals surface area contributed by atoms with Crippen molar-refractivity contribution >= 4 is 54.7 Å². The fourth-order valence-corrected chi connectivity index (χ4v) is 18.1. The molecule has 4 nitrogen and oxygen atoms in total. The molecule has 0 heterocycles. The second-order valence-electron chi connectivity index (χ2n) is 12.0. The zero-order valence-corrected chi connectivity index (χ0v) is 30.0. The van der Waals surface area contributed by atoms with Gasteiger partial charge in [0, 0.05) is 0 Å². The van der Waals surface area contributed by atoms with Gasteiger partial charge in [0.05, 0.1) is 0 Å². The molecule has 0 spiro atoms. The molecular weight excluding hydrogens is 631 g/mol. The van der Waals surface area contributed by atoms with Gasteiger partial charge in [-0.3, -0.25) is 0 Å². The van der Waals surface area contributed by atoms with Crippen molar-refractivity contribution in [3.8, 4) is 0 Å². The molecule has 0 N–H and O–H groups in total. The monoisotopic (exact) mass is 692 g/mol. The van der Waals surface area contributed by atoms with Crippen LogP contribution in [0.15, 0.2) is 0 Å². The zero-order chi connectivity index (χ0) is 28.0. The van der Waals surface area contributed by atoms with Crippen molar-refractivity contribution in [3.63, 3.8) is 0 Å². The minimum atomic E-state index is -3.91. The molecular formula is C32H60O4S2Sn. The van der Waals surface area contributed by atoms with E-state index in [-0.39, 0.29) is 11.9 Å². The maximum absolute atomic E-state index is 13.2. The third-order valence-electron chi connectivity index (χ3n) is 8.40. The van der Waals surface area contributed by atoms with Gasteiger partial charge in [-0.15, -0.1) is 0 Å². The molecule has 228 valence electrons. The first-order chi connectivity index (χ1) is 19.1. The summed E-state index contributed by atoms with van der Waals surface area (Å²) in [6.07, 6.45) is 27.1. The average molecular weight is 692 g/mol. The predicted octanol–water partition coefficient (Wildman–Crippen LogP) is 10.4. The zero-order valence-electron chi connectivity index (χ0n) is 25.5. The molecule has 0 aromatic heterocycles. The van der Waals surface area contributed by atoms with Crippen LogP contribution in [0.25, 0.3) is 0 Å². The molecule has 0 saturated heterocycles. The number of thioether (sulfide) groups is 2. The summed E-state index contributed by atoms with van der Waals surface area (Å²) in [6, 6.07) is 0. The van der Waals surface area contributed by atoms with Crippen LogP contribution in [-0.2, 0) is 15.7 Å². The van der Waals surface area contributed by atoms with Crippen molar-refractivity contribution in [2.75, 3.05) is 11.5 Å². The van der Waals surface area contributed by atoms with Gasteiger partial charge in [0.25, 0.3) is 0 Å². The summed E-state index contributed by atoms with van der Waals surface area (Å²) in [5, 5.41) is 1.17. The average Bonchev–Trinajstić information content (AvgIpc) is 2.95. The van der Waals surface area contributed by atoms with Crippen LogP contribution in [0.2, 0.25) is 8.87 Å². The van der Waals surface area contributed by atoms with E-state index < -0.39 is 19.2 Å². The normalized spacial score (nSPS) is 17.3. The third kappa shape index (κ3) is 17.2. The van der Waals surface area contributed by atoms with E-state index in [4.69, 9.17) is 6.15 Å². The Morgan fingerprint density at radius 3 is 1.31 bits per heavy atom. The molecule has 2 fully saturated rings. The molecule has 0 aromatic rings. The van der Waals surface area contributed by atoms with Crippen molar-refractivity contribution in [1.82, 2.24) is 0 Å². The van der Waals surface area contributed by atoms with Crippen LogP contribution < -0.4 is 0 Å². The van der Waals surface area contributed by atoms with E-state index in [0.717, 1.165) is 34.6 Å². The van der Waals surface area contributed by atoms with Crippen LogP contribution in [0.3, 0.4) is 0 Å². The summed E-state index contributed by atoms with van der Waals surface area (Å²) >= 11 is -0.346. The van der Waals surface area contributed by atoms with E-state index in [1.165, 1.54) is 116 Å². The number of carbonyl (C=O) groups excluding carboxylic acids is 2.